The minimum Gasteiger partial charge on any atom is -0.496 e. The summed E-state index contributed by atoms with van der Waals surface area (Å²) in [7, 11) is 1.62. The van der Waals surface area contributed by atoms with Crippen LogP contribution in [0.2, 0.25) is 0 Å². The van der Waals surface area contributed by atoms with Gasteiger partial charge in [0.15, 0.2) is 0 Å². The van der Waals surface area contributed by atoms with Crippen molar-refractivity contribution in [2.75, 3.05) is 7.11 Å². The van der Waals surface area contributed by atoms with Crippen molar-refractivity contribution >= 4 is 5.97 Å². The second-order valence-corrected chi connectivity index (χ2v) is 6.77. The molecule has 122 valence electrons. The summed E-state index contributed by atoms with van der Waals surface area (Å²) in [6.45, 7) is 6.44. The van der Waals surface area contributed by atoms with Crippen LogP contribution in [-0.4, -0.2) is 18.2 Å². The van der Waals surface area contributed by atoms with Crippen LogP contribution >= 0.6 is 0 Å². The average molecular weight is 312 g/mol. The van der Waals surface area contributed by atoms with Gasteiger partial charge in [-0.3, -0.25) is 4.79 Å². The molecule has 23 heavy (non-hydrogen) atoms. The molecule has 0 aromatic heterocycles. The van der Waals surface area contributed by atoms with Crippen molar-refractivity contribution in [3.63, 3.8) is 0 Å². The summed E-state index contributed by atoms with van der Waals surface area (Å²) in [5, 5.41) is 9.36. The molecular weight excluding hydrogens is 288 g/mol. The van der Waals surface area contributed by atoms with Crippen LogP contribution in [0.3, 0.4) is 0 Å². The molecule has 1 N–H and O–H groups in total. The van der Waals surface area contributed by atoms with E-state index in [1.165, 1.54) is 5.56 Å². The van der Waals surface area contributed by atoms with Gasteiger partial charge in [0.1, 0.15) is 5.75 Å². The second-order valence-electron chi connectivity index (χ2n) is 6.77. The molecule has 0 saturated heterocycles. The summed E-state index contributed by atoms with van der Waals surface area (Å²) >= 11 is 0. The standard InChI is InChI=1S/C20H24O3/c1-20(2,3)15-10-11-18(23-4)17(12-15)16(13-19(21)22)14-8-6-5-7-9-14/h5-12,16H,13H2,1-4H3,(H,21,22). The van der Waals surface area contributed by atoms with E-state index in [9.17, 15) is 9.90 Å². The van der Waals surface area contributed by atoms with Gasteiger partial charge in [-0.05, 0) is 22.6 Å². The second kappa shape index (κ2) is 6.86. The Balaban J connectivity index is 2.59. The van der Waals surface area contributed by atoms with E-state index >= 15 is 0 Å². The first-order valence-corrected chi connectivity index (χ1v) is 7.78. The summed E-state index contributed by atoms with van der Waals surface area (Å²) in [6.07, 6.45) is 0.0357. The van der Waals surface area contributed by atoms with Gasteiger partial charge in [0.05, 0.1) is 13.5 Å². The third kappa shape index (κ3) is 4.13. The molecule has 3 heteroatoms. The minimum atomic E-state index is -0.818. The number of hydrogen-bond acceptors (Lipinski definition) is 2. The van der Waals surface area contributed by atoms with Crippen LogP contribution in [0.25, 0.3) is 0 Å². The van der Waals surface area contributed by atoms with Crippen molar-refractivity contribution in [1.29, 1.82) is 0 Å². The Morgan fingerprint density at radius 1 is 1.13 bits per heavy atom. The van der Waals surface area contributed by atoms with E-state index in [0.29, 0.717) is 0 Å². The van der Waals surface area contributed by atoms with Gasteiger partial charge in [0.2, 0.25) is 0 Å². The van der Waals surface area contributed by atoms with Gasteiger partial charge in [-0.2, -0.15) is 0 Å². The Bertz CT molecular complexity index is 669. The van der Waals surface area contributed by atoms with E-state index < -0.39 is 5.97 Å². The Hall–Kier alpha value is -2.29. The number of carboxylic acid groups (broad SMARTS) is 1. The Morgan fingerprint density at radius 2 is 1.78 bits per heavy atom. The zero-order valence-corrected chi connectivity index (χ0v) is 14.2. The maximum atomic E-state index is 11.4. The van der Waals surface area contributed by atoms with Crippen LogP contribution in [0, 0.1) is 0 Å². The largest absolute Gasteiger partial charge is 0.496 e. The first-order chi connectivity index (χ1) is 10.8. The fourth-order valence-corrected chi connectivity index (χ4v) is 2.74. The Labute approximate surface area is 137 Å². The maximum Gasteiger partial charge on any atom is 0.304 e. The molecule has 3 nitrogen and oxygen atoms in total. The maximum absolute atomic E-state index is 11.4. The quantitative estimate of drug-likeness (QED) is 0.877. The van der Waals surface area contributed by atoms with Crippen molar-refractivity contribution in [2.45, 2.75) is 38.5 Å². The Morgan fingerprint density at radius 3 is 2.30 bits per heavy atom. The van der Waals surface area contributed by atoms with Crippen LogP contribution in [0.15, 0.2) is 48.5 Å². The summed E-state index contributed by atoms with van der Waals surface area (Å²) in [5.41, 5.74) is 3.07. The third-order valence-electron chi connectivity index (χ3n) is 4.05. The van der Waals surface area contributed by atoms with Crippen LogP contribution < -0.4 is 4.74 Å². The highest BCUT2D eigenvalue weighted by molar-refractivity contribution is 5.69. The summed E-state index contributed by atoms with van der Waals surface area (Å²) < 4.78 is 5.50. The van der Waals surface area contributed by atoms with Crippen molar-refractivity contribution < 1.29 is 14.6 Å². The molecule has 0 aliphatic rings. The summed E-state index contributed by atoms with van der Waals surface area (Å²) in [5.74, 6) is -0.318. The lowest BCUT2D eigenvalue weighted by molar-refractivity contribution is -0.137. The number of carbonyl (C=O) groups is 1. The number of aliphatic carboxylic acids is 1. The van der Waals surface area contributed by atoms with Crippen molar-refractivity contribution in [3.05, 3.63) is 65.2 Å². The van der Waals surface area contributed by atoms with E-state index in [0.717, 1.165) is 16.9 Å². The van der Waals surface area contributed by atoms with E-state index in [1.807, 2.05) is 42.5 Å². The molecule has 0 bridgehead atoms. The predicted octanol–water partition coefficient (Wildman–Crippen LogP) is 4.60. The van der Waals surface area contributed by atoms with E-state index in [4.69, 9.17) is 4.74 Å². The third-order valence-corrected chi connectivity index (χ3v) is 4.05. The van der Waals surface area contributed by atoms with Crippen molar-refractivity contribution in [1.82, 2.24) is 0 Å². The van der Waals surface area contributed by atoms with Gasteiger partial charge in [-0.15, -0.1) is 0 Å². The van der Waals surface area contributed by atoms with E-state index in [2.05, 4.69) is 26.8 Å². The molecule has 2 aromatic rings. The molecule has 0 amide bonds. The smallest absolute Gasteiger partial charge is 0.304 e. The highest BCUT2D eigenvalue weighted by atomic mass is 16.5. The van der Waals surface area contributed by atoms with Gasteiger partial charge in [0.25, 0.3) is 0 Å². The highest BCUT2D eigenvalue weighted by Crippen LogP contribution is 2.37. The van der Waals surface area contributed by atoms with E-state index in [1.54, 1.807) is 7.11 Å². The monoisotopic (exact) mass is 312 g/mol. The first kappa shape index (κ1) is 17.1. The molecule has 0 spiro atoms. The molecule has 0 fully saturated rings. The fraction of sp³-hybridized carbons (Fsp3) is 0.350. The summed E-state index contributed by atoms with van der Waals surface area (Å²) in [6, 6.07) is 15.8. The lowest BCUT2D eigenvalue weighted by atomic mass is 9.81. The molecule has 0 aliphatic heterocycles. The number of hydrogen-bond donors (Lipinski definition) is 1. The zero-order chi connectivity index (χ0) is 17.0. The van der Waals surface area contributed by atoms with Gasteiger partial charge < -0.3 is 9.84 Å². The molecule has 0 saturated carbocycles. The zero-order valence-electron chi connectivity index (χ0n) is 14.2. The lowest BCUT2D eigenvalue weighted by Gasteiger charge is -2.24. The number of methoxy groups -OCH3 is 1. The summed E-state index contributed by atoms with van der Waals surface area (Å²) in [4.78, 5) is 11.4. The van der Waals surface area contributed by atoms with Gasteiger partial charge in [0, 0.05) is 11.5 Å². The molecule has 1 unspecified atom stereocenters. The minimum absolute atomic E-state index is 0.00845. The van der Waals surface area contributed by atoms with Crippen molar-refractivity contribution in [3.8, 4) is 5.75 Å². The molecule has 1 atom stereocenters. The molecule has 0 radical (unpaired) electrons. The SMILES string of the molecule is COc1ccc(C(C)(C)C)cc1C(CC(=O)O)c1ccccc1. The molecule has 0 aliphatic carbocycles. The number of rotatable bonds is 5. The van der Waals surface area contributed by atoms with Gasteiger partial charge >= 0.3 is 5.97 Å². The van der Waals surface area contributed by atoms with Crippen LogP contribution in [0.4, 0.5) is 0 Å². The number of carboxylic acids is 1. The number of ether oxygens (including phenoxy) is 1. The van der Waals surface area contributed by atoms with Crippen molar-refractivity contribution in [2.24, 2.45) is 0 Å². The van der Waals surface area contributed by atoms with Gasteiger partial charge in [-0.1, -0.05) is 63.2 Å². The van der Waals surface area contributed by atoms with E-state index in [-0.39, 0.29) is 17.8 Å². The topological polar surface area (TPSA) is 46.5 Å². The van der Waals surface area contributed by atoms with Crippen LogP contribution in [-0.2, 0) is 10.2 Å². The van der Waals surface area contributed by atoms with Gasteiger partial charge in [-0.25, -0.2) is 0 Å². The molecule has 2 rings (SSSR count). The highest BCUT2D eigenvalue weighted by Gasteiger charge is 2.24. The molecule has 0 heterocycles. The normalized spacial score (nSPS) is 12.7. The first-order valence-electron chi connectivity index (χ1n) is 7.78. The average Bonchev–Trinajstić information content (AvgIpc) is 2.52. The molecular formula is C20H24O3. The predicted molar refractivity (Wildman–Crippen MR) is 92.2 cm³/mol. The molecule has 2 aromatic carbocycles. The fourth-order valence-electron chi connectivity index (χ4n) is 2.74. The number of benzene rings is 2. The van der Waals surface area contributed by atoms with Crippen LogP contribution in [0.5, 0.6) is 5.75 Å². The Kier molecular flexibility index (Phi) is 5.09. The lowest BCUT2D eigenvalue weighted by Crippen LogP contribution is -2.14. The van der Waals surface area contributed by atoms with Crippen LogP contribution in [0.1, 0.15) is 49.8 Å².